The van der Waals surface area contributed by atoms with E-state index in [0.29, 0.717) is 11.3 Å². The molecule has 3 aromatic rings. The Labute approximate surface area is 157 Å². The van der Waals surface area contributed by atoms with Gasteiger partial charge >= 0.3 is 5.97 Å². The third kappa shape index (κ3) is 3.75. The van der Waals surface area contributed by atoms with Gasteiger partial charge in [-0.3, -0.25) is 4.79 Å². The fourth-order valence-corrected chi connectivity index (χ4v) is 3.68. The normalized spacial score (nSPS) is 10.8. The maximum Gasteiger partial charge on any atom is 0.348 e. The third-order valence-corrected chi connectivity index (χ3v) is 5.04. The number of carbonyl (C=O) groups excluding carboxylic acids is 2. The van der Waals surface area contributed by atoms with Crippen molar-refractivity contribution in [1.29, 1.82) is 0 Å². The number of benzene rings is 2. The van der Waals surface area contributed by atoms with E-state index in [9.17, 15) is 18.4 Å². The topological polar surface area (TPSA) is 78.6 Å². The van der Waals surface area contributed by atoms with Gasteiger partial charge in [-0.15, -0.1) is 11.3 Å². The summed E-state index contributed by atoms with van der Waals surface area (Å²) in [6, 6.07) is 8.03. The number of nitrogens with two attached hydrogens (primary N) is 1. The lowest BCUT2D eigenvalue weighted by Crippen LogP contribution is -2.10. The molecule has 2 N–H and O–H groups in total. The Hall–Kier alpha value is -3.00. The molecule has 0 saturated carbocycles. The van der Waals surface area contributed by atoms with Gasteiger partial charge < -0.3 is 15.2 Å². The molecule has 0 fully saturated rings. The Kier molecular flexibility index (Phi) is 5.36. The molecule has 27 heavy (non-hydrogen) atoms. The summed E-state index contributed by atoms with van der Waals surface area (Å²) in [4.78, 5) is 23.4. The van der Waals surface area contributed by atoms with Crippen LogP contribution in [0.1, 0.15) is 32.5 Å². The Morgan fingerprint density at radius 1 is 1.07 bits per heavy atom. The van der Waals surface area contributed by atoms with Crippen molar-refractivity contribution in [1.82, 2.24) is 0 Å². The van der Waals surface area contributed by atoms with Gasteiger partial charge in [0.2, 0.25) is 5.91 Å². The molecule has 0 aliphatic carbocycles. The molecule has 0 bridgehead atoms. The number of primary amides is 1. The van der Waals surface area contributed by atoms with Crippen LogP contribution in [0.25, 0.3) is 10.1 Å². The fraction of sp³-hybridized carbons (Fsp3) is 0.158. The first-order valence-electron chi connectivity index (χ1n) is 8.01. The first-order valence-corrected chi connectivity index (χ1v) is 8.83. The lowest BCUT2D eigenvalue weighted by molar-refractivity contribution is 0.0529. The van der Waals surface area contributed by atoms with Crippen LogP contribution in [0.4, 0.5) is 8.78 Å². The van der Waals surface area contributed by atoms with Crippen LogP contribution in [0.2, 0.25) is 0 Å². The predicted octanol–water partition coefficient (Wildman–Crippen LogP) is 4.03. The molecule has 0 aliphatic heterocycles. The molecule has 3 rings (SSSR count). The van der Waals surface area contributed by atoms with Gasteiger partial charge in [0.05, 0.1) is 11.3 Å². The zero-order valence-electron chi connectivity index (χ0n) is 14.3. The lowest BCUT2D eigenvalue weighted by Gasteiger charge is -2.08. The maximum absolute atomic E-state index is 14.3. The molecule has 0 aliphatic rings. The van der Waals surface area contributed by atoms with Gasteiger partial charge in [0.15, 0.2) is 0 Å². The fourth-order valence-electron chi connectivity index (χ4n) is 2.56. The second-order valence-electron chi connectivity index (χ2n) is 5.54. The highest BCUT2D eigenvalue weighted by atomic mass is 32.1. The average Bonchev–Trinajstić information content (AvgIpc) is 3.04. The summed E-state index contributed by atoms with van der Waals surface area (Å²) in [6.07, 6.45) is 0. The second kappa shape index (κ2) is 7.71. The molecule has 8 heteroatoms. The van der Waals surface area contributed by atoms with Gasteiger partial charge in [0, 0.05) is 16.5 Å². The van der Waals surface area contributed by atoms with E-state index in [-0.39, 0.29) is 33.7 Å². The zero-order valence-corrected chi connectivity index (χ0v) is 15.1. The molecular weight excluding hydrogens is 376 g/mol. The van der Waals surface area contributed by atoms with Crippen LogP contribution in [-0.4, -0.2) is 18.5 Å². The Balaban J connectivity index is 1.98. The van der Waals surface area contributed by atoms with Crippen LogP contribution >= 0.6 is 11.3 Å². The van der Waals surface area contributed by atoms with Crippen molar-refractivity contribution in [3.63, 3.8) is 0 Å². The number of fused-ring (bicyclic) bond motifs is 1. The van der Waals surface area contributed by atoms with E-state index in [1.165, 1.54) is 24.3 Å². The SMILES string of the molecule is CCOC(=O)c1sc2c(F)ccc(F)c2c1COc1ccc(C(N)=O)cc1. The standard InChI is InChI=1S/C19H15F2NO4S/c1-2-25-19(24)16-12(15-13(20)7-8-14(21)17(15)27-16)9-26-11-5-3-10(4-6-11)18(22)23/h3-8H,2,9H2,1H3,(H2,22,23). The minimum atomic E-state index is -0.667. The van der Waals surface area contributed by atoms with Crippen LogP contribution in [0.3, 0.4) is 0 Å². The summed E-state index contributed by atoms with van der Waals surface area (Å²) in [7, 11) is 0. The summed E-state index contributed by atoms with van der Waals surface area (Å²) in [6.45, 7) is 1.60. The highest BCUT2D eigenvalue weighted by molar-refractivity contribution is 7.21. The van der Waals surface area contributed by atoms with Gasteiger partial charge in [0.25, 0.3) is 0 Å². The van der Waals surface area contributed by atoms with Crippen molar-refractivity contribution in [2.24, 2.45) is 5.73 Å². The first kappa shape index (κ1) is 18.8. The van der Waals surface area contributed by atoms with E-state index in [1.807, 2.05) is 0 Å². The van der Waals surface area contributed by atoms with Gasteiger partial charge in [-0.25, -0.2) is 13.6 Å². The molecule has 0 atom stereocenters. The van der Waals surface area contributed by atoms with Crippen molar-refractivity contribution in [2.45, 2.75) is 13.5 Å². The molecule has 1 aromatic heterocycles. The molecule has 2 aromatic carbocycles. The van der Waals surface area contributed by atoms with Crippen molar-refractivity contribution >= 4 is 33.3 Å². The number of hydrogen-bond donors (Lipinski definition) is 1. The minimum Gasteiger partial charge on any atom is -0.489 e. The summed E-state index contributed by atoms with van der Waals surface area (Å²) in [5, 5.41) is -0.00295. The Morgan fingerprint density at radius 3 is 2.37 bits per heavy atom. The molecule has 140 valence electrons. The Morgan fingerprint density at radius 2 is 1.74 bits per heavy atom. The van der Waals surface area contributed by atoms with Gasteiger partial charge in [-0.2, -0.15) is 0 Å². The zero-order chi connectivity index (χ0) is 19.6. The summed E-state index contributed by atoms with van der Waals surface area (Å²) in [5.41, 5.74) is 5.70. The van der Waals surface area contributed by atoms with Crippen molar-refractivity contribution < 1.29 is 27.8 Å². The summed E-state index contributed by atoms with van der Waals surface area (Å²) >= 11 is 0.824. The molecule has 5 nitrogen and oxygen atoms in total. The maximum atomic E-state index is 14.3. The number of halogens is 2. The van der Waals surface area contributed by atoms with Crippen LogP contribution < -0.4 is 10.5 Å². The Bertz CT molecular complexity index is 1010. The molecule has 0 saturated heterocycles. The van der Waals surface area contributed by atoms with Gasteiger partial charge in [-0.1, -0.05) is 0 Å². The van der Waals surface area contributed by atoms with E-state index in [4.69, 9.17) is 15.2 Å². The van der Waals surface area contributed by atoms with Crippen molar-refractivity contribution in [3.05, 3.63) is 64.0 Å². The number of amides is 1. The molecular formula is C19H15F2NO4S. The van der Waals surface area contributed by atoms with Crippen molar-refractivity contribution in [2.75, 3.05) is 6.61 Å². The number of carbonyl (C=O) groups is 2. The third-order valence-electron chi connectivity index (χ3n) is 3.82. The van der Waals surface area contributed by atoms with E-state index < -0.39 is 23.5 Å². The quantitative estimate of drug-likeness (QED) is 0.644. The van der Waals surface area contributed by atoms with Gasteiger partial charge in [0.1, 0.15) is 28.9 Å². The molecule has 0 spiro atoms. The predicted molar refractivity (Wildman–Crippen MR) is 97.0 cm³/mol. The second-order valence-corrected chi connectivity index (χ2v) is 6.56. The van der Waals surface area contributed by atoms with Crippen LogP contribution in [0.15, 0.2) is 36.4 Å². The number of ether oxygens (including phenoxy) is 2. The number of esters is 1. The minimum absolute atomic E-state index is 0.00295. The summed E-state index contributed by atoms with van der Waals surface area (Å²) < 4.78 is 39.1. The van der Waals surface area contributed by atoms with Crippen LogP contribution in [0.5, 0.6) is 5.75 Å². The van der Waals surface area contributed by atoms with E-state index in [0.717, 1.165) is 23.5 Å². The van der Waals surface area contributed by atoms with Crippen LogP contribution in [-0.2, 0) is 11.3 Å². The smallest absolute Gasteiger partial charge is 0.348 e. The lowest BCUT2D eigenvalue weighted by atomic mass is 10.1. The molecule has 0 unspecified atom stereocenters. The molecule has 1 heterocycles. The van der Waals surface area contributed by atoms with E-state index >= 15 is 0 Å². The number of hydrogen-bond acceptors (Lipinski definition) is 5. The van der Waals surface area contributed by atoms with E-state index in [2.05, 4.69) is 0 Å². The highest BCUT2D eigenvalue weighted by Gasteiger charge is 2.24. The molecule has 1 amide bonds. The van der Waals surface area contributed by atoms with E-state index in [1.54, 1.807) is 6.92 Å². The summed E-state index contributed by atoms with van der Waals surface area (Å²) in [5.74, 6) is -2.14. The highest BCUT2D eigenvalue weighted by Crippen LogP contribution is 2.36. The largest absolute Gasteiger partial charge is 0.489 e. The monoisotopic (exact) mass is 391 g/mol. The van der Waals surface area contributed by atoms with Gasteiger partial charge in [-0.05, 0) is 43.3 Å². The molecule has 0 radical (unpaired) electrons. The van der Waals surface area contributed by atoms with Crippen LogP contribution in [0, 0.1) is 11.6 Å². The average molecular weight is 391 g/mol. The first-order chi connectivity index (χ1) is 12.9. The van der Waals surface area contributed by atoms with Crippen molar-refractivity contribution in [3.8, 4) is 5.75 Å². The number of rotatable bonds is 6. The number of thiophene rings is 1.